The van der Waals surface area contributed by atoms with Gasteiger partial charge in [-0.1, -0.05) is 32.0 Å². The topological polar surface area (TPSA) is 101 Å². The number of nitrogens with zero attached hydrogens (tertiary/aromatic N) is 6. The zero-order valence-electron chi connectivity index (χ0n) is 21.3. The molecule has 0 aliphatic carbocycles. The van der Waals surface area contributed by atoms with Gasteiger partial charge in [-0.15, -0.1) is 0 Å². The summed E-state index contributed by atoms with van der Waals surface area (Å²) in [5.41, 5.74) is 0.530. The monoisotopic (exact) mass is 521 g/mol. The first-order valence-corrected chi connectivity index (χ1v) is 12.4. The fourth-order valence-corrected chi connectivity index (χ4v) is 4.76. The molecule has 0 bridgehead atoms. The van der Waals surface area contributed by atoms with Crippen molar-refractivity contribution in [3.63, 3.8) is 0 Å². The molecular weight excluding hydrogens is 492 g/mol. The number of amides is 2. The molecule has 1 aliphatic heterocycles. The molecule has 5 rings (SSSR count). The lowest BCUT2D eigenvalue weighted by molar-refractivity contribution is -0.0368. The number of nitrogens with one attached hydrogen (secondary N) is 1. The van der Waals surface area contributed by atoms with Crippen LogP contribution in [0.15, 0.2) is 67.5 Å². The van der Waals surface area contributed by atoms with E-state index in [1.54, 1.807) is 28.9 Å². The Kier molecular flexibility index (Phi) is 6.70. The highest BCUT2D eigenvalue weighted by molar-refractivity contribution is 5.94. The predicted octanol–water partition coefficient (Wildman–Crippen LogP) is 4.12. The molecule has 9 nitrogen and oxygen atoms in total. The van der Waals surface area contributed by atoms with Crippen molar-refractivity contribution >= 4 is 11.7 Å². The second kappa shape index (κ2) is 9.97. The molecule has 2 aromatic heterocycles. The number of aromatic nitrogens is 5. The number of carbonyl (C=O) groups is 1. The highest BCUT2D eigenvalue weighted by Crippen LogP contribution is 2.37. The number of urea groups is 1. The first-order valence-electron chi connectivity index (χ1n) is 12.4. The van der Waals surface area contributed by atoms with Gasteiger partial charge < -0.3 is 10.4 Å². The minimum Gasteiger partial charge on any atom is -0.381 e. The van der Waals surface area contributed by atoms with Gasteiger partial charge in [0.2, 0.25) is 0 Å². The van der Waals surface area contributed by atoms with Crippen molar-refractivity contribution < 1.29 is 18.7 Å². The number of rotatable bonds is 8. The molecule has 1 fully saturated rings. The van der Waals surface area contributed by atoms with Crippen LogP contribution < -0.4 is 10.2 Å². The highest BCUT2D eigenvalue weighted by atomic mass is 19.1. The lowest BCUT2D eigenvalue weighted by Crippen LogP contribution is -2.40. The van der Waals surface area contributed by atoms with Gasteiger partial charge in [-0.2, -0.15) is 10.2 Å². The lowest BCUT2D eigenvalue weighted by Gasteiger charge is -2.34. The van der Waals surface area contributed by atoms with Crippen LogP contribution in [0.4, 0.5) is 19.3 Å². The number of hydrogen-bond acceptors (Lipinski definition) is 5. The minimum atomic E-state index is -1.82. The number of benzene rings is 2. The molecule has 1 aliphatic rings. The van der Waals surface area contributed by atoms with E-state index in [9.17, 15) is 18.7 Å². The van der Waals surface area contributed by atoms with E-state index in [1.807, 2.05) is 24.3 Å². The number of aliphatic hydroxyl groups is 1. The summed E-state index contributed by atoms with van der Waals surface area (Å²) in [5, 5.41) is 23.3. The average Bonchev–Trinajstić information content (AvgIpc) is 3.65. The van der Waals surface area contributed by atoms with E-state index in [2.05, 4.69) is 34.3 Å². The number of anilines is 1. The molecular formula is C27H29F2N7O2. The molecule has 38 heavy (non-hydrogen) atoms. The first-order chi connectivity index (χ1) is 18.2. The molecule has 0 saturated carbocycles. The summed E-state index contributed by atoms with van der Waals surface area (Å²) in [7, 11) is 0. The maximum atomic E-state index is 14.9. The van der Waals surface area contributed by atoms with E-state index in [-0.39, 0.29) is 24.2 Å². The van der Waals surface area contributed by atoms with Crippen LogP contribution in [0.3, 0.4) is 0 Å². The molecule has 4 aromatic rings. The Balaban J connectivity index is 1.41. The summed E-state index contributed by atoms with van der Waals surface area (Å²) in [5.74, 6) is -1.27. The van der Waals surface area contributed by atoms with Crippen LogP contribution in [-0.4, -0.2) is 48.3 Å². The molecule has 2 aromatic carbocycles. The molecule has 0 radical (unpaired) electrons. The Hall–Kier alpha value is -4.12. The fraction of sp³-hybridized carbons (Fsp3) is 0.333. The van der Waals surface area contributed by atoms with Gasteiger partial charge in [0.05, 0.1) is 24.8 Å². The van der Waals surface area contributed by atoms with E-state index < -0.39 is 23.3 Å². The normalized spacial score (nSPS) is 18.0. The van der Waals surface area contributed by atoms with Gasteiger partial charge in [-0.05, 0) is 36.6 Å². The first kappa shape index (κ1) is 25.5. The second-order valence-corrected chi connectivity index (χ2v) is 9.98. The van der Waals surface area contributed by atoms with Crippen molar-refractivity contribution in [1.29, 1.82) is 0 Å². The van der Waals surface area contributed by atoms with E-state index in [1.165, 1.54) is 23.4 Å². The van der Waals surface area contributed by atoms with Gasteiger partial charge in [-0.3, -0.25) is 9.58 Å². The third-order valence-electron chi connectivity index (χ3n) is 7.21. The van der Waals surface area contributed by atoms with Crippen LogP contribution in [0.1, 0.15) is 32.4 Å². The van der Waals surface area contributed by atoms with Gasteiger partial charge in [0, 0.05) is 35.6 Å². The van der Waals surface area contributed by atoms with Crippen molar-refractivity contribution in [3.05, 3.63) is 84.7 Å². The van der Waals surface area contributed by atoms with E-state index in [0.717, 1.165) is 28.9 Å². The Morgan fingerprint density at radius 1 is 1.11 bits per heavy atom. The van der Waals surface area contributed by atoms with E-state index >= 15 is 0 Å². The molecule has 2 N–H and O–H groups in total. The SMILES string of the molecule is CC(C)C1CN(c2ccc(-c3cnn([C@H](C)[C@](O)(Cn4cncn4)c4ccc(F)cc4F)c3)cc2)C(=O)N1. The standard InChI is InChI=1S/C27H29F2N7O2/c1-17(2)25-13-35(26(37)33-25)22-7-4-19(5-8-22)20-11-31-36(12-20)18(3)27(38,14-34-16-30-15-32-34)23-9-6-21(28)10-24(23)29/h4-12,15-18,25,38H,13-14H2,1-3H3,(H,33,37)/t18-,25?,27-/m1/s1. The maximum Gasteiger partial charge on any atom is 0.322 e. The summed E-state index contributed by atoms with van der Waals surface area (Å²) >= 11 is 0. The van der Waals surface area contributed by atoms with Crippen molar-refractivity contribution in [2.24, 2.45) is 5.92 Å². The van der Waals surface area contributed by atoms with Crippen LogP contribution >= 0.6 is 0 Å². The van der Waals surface area contributed by atoms with E-state index in [0.29, 0.717) is 12.5 Å². The molecule has 11 heteroatoms. The number of carbonyl (C=O) groups excluding carboxylic acids is 1. The predicted molar refractivity (Wildman–Crippen MR) is 137 cm³/mol. The number of hydrogen-bond donors (Lipinski definition) is 2. The summed E-state index contributed by atoms with van der Waals surface area (Å²) in [6, 6.07) is 9.88. The van der Waals surface area contributed by atoms with Gasteiger partial charge >= 0.3 is 6.03 Å². The quantitative estimate of drug-likeness (QED) is 0.363. The lowest BCUT2D eigenvalue weighted by atomic mass is 9.86. The Bertz CT molecular complexity index is 1420. The van der Waals surface area contributed by atoms with Crippen molar-refractivity contribution in [2.45, 2.75) is 45.0 Å². The molecule has 1 unspecified atom stereocenters. The molecule has 3 atom stereocenters. The van der Waals surface area contributed by atoms with Gasteiger partial charge in [0.1, 0.15) is 29.9 Å². The second-order valence-electron chi connectivity index (χ2n) is 9.98. The van der Waals surface area contributed by atoms with Gasteiger partial charge in [-0.25, -0.2) is 23.2 Å². The van der Waals surface area contributed by atoms with Crippen molar-refractivity contribution in [2.75, 3.05) is 11.4 Å². The van der Waals surface area contributed by atoms with Gasteiger partial charge in [0.15, 0.2) is 0 Å². The Morgan fingerprint density at radius 2 is 1.87 bits per heavy atom. The molecule has 2 amide bonds. The highest BCUT2D eigenvalue weighted by Gasteiger charge is 2.41. The number of halogens is 2. The summed E-state index contributed by atoms with van der Waals surface area (Å²) < 4.78 is 31.4. The molecule has 198 valence electrons. The van der Waals surface area contributed by atoms with Crippen LogP contribution in [0.5, 0.6) is 0 Å². The maximum absolute atomic E-state index is 14.9. The zero-order valence-corrected chi connectivity index (χ0v) is 21.3. The van der Waals surface area contributed by atoms with Gasteiger partial charge in [0.25, 0.3) is 0 Å². The smallest absolute Gasteiger partial charge is 0.322 e. The van der Waals surface area contributed by atoms with E-state index in [4.69, 9.17) is 0 Å². The Labute approximate surface area is 218 Å². The van der Waals surface area contributed by atoms with Crippen LogP contribution in [0.2, 0.25) is 0 Å². The Morgan fingerprint density at radius 3 is 2.50 bits per heavy atom. The minimum absolute atomic E-state index is 0.0769. The summed E-state index contributed by atoms with van der Waals surface area (Å²) in [4.78, 5) is 18.0. The van der Waals surface area contributed by atoms with Crippen molar-refractivity contribution in [3.8, 4) is 11.1 Å². The third kappa shape index (κ3) is 4.76. The largest absolute Gasteiger partial charge is 0.381 e. The zero-order chi connectivity index (χ0) is 27.0. The van der Waals surface area contributed by atoms with Crippen molar-refractivity contribution in [1.82, 2.24) is 29.9 Å². The molecule has 0 spiro atoms. The van der Waals surface area contributed by atoms with Crippen LogP contribution in [0, 0.1) is 17.6 Å². The molecule has 3 heterocycles. The summed E-state index contributed by atoms with van der Waals surface area (Å²) in [6.45, 7) is 6.34. The molecule has 1 saturated heterocycles. The fourth-order valence-electron chi connectivity index (χ4n) is 4.76. The third-order valence-corrected chi connectivity index (χ3v) is 7.21. The summed E-state index contributed by atoms with van der Waals surface area (Å²) in [6.07, 6.45) is 6.14. The van der Waals surface area contributed by atoms with Crippen LogP contribution in [0.25, 0.3) is 11.1 Å². The average molecular weight is 522 g/mol. The van der Waals surface area contributed by atoms with Crippen LogP contribution in [-0.2, 0) is 12.1 Å².